The van der Waals surface area contributed by atoms with Crippen LogP contribution in [0, 0.1) is 0 Å². The minimum absolute atomic E-state index is 0.00912. The highest BCUT2D eigenvalue weighted by Crippen LogP contribution is 2.25. The molecular formula is C12H10N2O5. The summed E-state index contributed by atoms with van der Waals surface area (Å²) in [5.41, 5.74) is -1.55. The van der Waals surface area contributed by atoms with Gasteiger partial charge in [-0.25, -0.2) is 14.3 Å². The quantitative estimate of drug-likeness (QED) is 0.753. The van der Waals surface area contributed by atoms with Gasteiger partial charge in [0.15, 0.2) is 11.2 Å². The molecule has 2 rings (SSSR count). The van der Waals surface area contributed by atoms with Crippen LogP contribution in [0.4, 0.5) is 0 Å². The van der Waals surface area contributed by atoms with Crippen LogP contribution in [0.2, 0.25) is 0 Å². The highest BCUT2D eigenvalue weighted by molar-refractivity contribution is 6.01. The van der Waals surface area contributed by atoms with E-state index in [1.807, 2.05) is 0 Å². The lowest BCUT2D eigenvalue weighted by Gasteiger charge is -2.10. The first-order valence-corrected chi connectivity index (χ1v) is 5.31. The fourth-order valence-electron chi connectivity index (χ4n) is 1.78. The van der Waals surface area contributed by atoms with E-state index in [9.17, 15) is 19.5 Å². The Morgan fingerprint density at radius 2 is 2.11 bits per heavy atom. The first-order valence-electron chi connectivity index (χ1n) is 5.31. The maximum Gasteiger partial charge on any atom is 0.347 e. The molecule has 0 spiro atoms. The number of pyridine rings is 2. The van der Waals surface area contributed by atoms with Crippen molar-refractivity contribution in [2.45, 2.75) is 6.92 Å². The molecule has 2 aromatic heterocycles. The first kappa shape index (κ1) is 12.7. The van der Waals surface area contributed by atoms with Crippen LogP contribution in [0.5, 0.6) is 5.75 Å². The van der Waals surface area contributed by atoms with Gasteiger partial charge < -0.3 is 9.84 Å². The lowest BCUT2D eigenvalue weighted by Crippen LogP contribution is -2.31. The molecule has 0 aliphatic heterocycles. The maximum atomic E-state index is 12.1. The van der Waals surface area contributed by atoms with Crippen molar-refractivity contribution in [3.8, 4) is 5.75 Å². The van der Waals surface area contributed by atoms with Gasteiger partial charge in [-0.2, -0.15) is 0 Å². The molecule has 0 unspecified atom stereocenters. The number of nitrogens with zero attached hydrogens (tertiary/aromatic N) is 2. The Kier molecular flexibility index (Phi) is 3.04. The second-order valence-electron chi connectivity index (χ2n) is 3.75. The van der Waals surface area contributed by atoms with Crippen molar-refractivity contribution in [2.24, 2.45) is 0 Å². The van der Waals surface area contributed by atoms with Gasteiger partial charge in [-0.3, -0.25) is 9.59 Å². The summed E-state index contributed by atoms with van der Waals surface area (Å²) >= 11 is 0. The number of rotatable bonds is 1. The standard InChI is InChI=1S/C12H10N2O5/c1-6(15)14-10-7(4-3-5-13-10)9(16)8(11(14)17)12(18)19-2/h3-5,16H,1-2H3. The third kappa shape index (κ3) is 1.85. The fourth-order valence-corrected chi connectivity index (χ4v) is 1.78. The molecule has 0 aliphatic rings. The highest BCUT2D eigenvalue weighted by Gasteiger charge is 2.24. The van der Waals surface area contributed by atoms with E-state index < -0.39 is 28.7 Å². The van der Waals surface area contributed by atoms with Gasteiger partial charge in [0, 0.05) is 13.1 Å². The number of carbonyl (C=O) groups excluding carboxylic acids is 2. The molecule has 0 atom stereocenters. The van der Waals surface area contributed by atoms with Crippen LogP contribution in [0.1, 0.15) is 22.1 Å². The van der Waals surface area contributed by atoms with E-state index in [1.165, 1.54) is 18.3 Å². The predicted molar refractivity (Wildman–Crippen MR) is 65.3 cm³/mol. The molecule has 0 aromatic carbocycles. The fraction of sp³-hybridized carbons (Fsp3) is 0.167. The van der Waals surface area contributed by atoms with Crippen molar-refractivity contribution in [1.29, 1.82) is 0 Å². The zero-order valence-electron chi connectivity index (χ0n) is 10.2. The molecule has 98 valence electrons. The summed E-state index contributed by atoms with van der Waals surface area (Å²) in [5.74, 6) is -2.17. The van der Waals surface area contributed by atoms with Gasteiger partial charge >= 0.3 is 5.97 Å². The highest BCUT2D eigenvalue weighted by atomic mass is 16.5. The number of hydrogen-bond acceptors (Lipinski definition) is 6. The molecule has 0 bridgehead atoms. The van der Waals surface area contributed by atoms with E-state index in [1.54, 1.807) is 0 Å². The van der Waals surface area contributed by atoms with Crippen molar-refractivity contribution < 1.29 is 19.4 Å². The Hall–Kier alpha value is -2.70. The Bertz CT molecular complexity index is 748. The van der Waals surface area contributed by atoms with Crippen LogP contribution in [0.3, 0.4) is 0 Å². The zero-order chi connectivity index (χ0) is 14.2. The topological polar surface area (TPSA) is 98.5 Å². The van der Waals surface area contributed by atoms with Crippen molar-refractivity contribution in [2.75, 3.05) is 7.11 Å². The number of methoxy groups -OCH3 is 1. The predicted octanol–water partition coefficient (Wildman–Crippen LogP) is 0.549. The second kappa shape index (κ2) is 4.52. The minimum atomic E-state index is -1.01. The monoisotopic (exact) mass is 262 g/mol. The number of fused-ring (bicyclic) bond motifs is 1. The molecule has 0 saturated heterocycles. The van der Waals surface area contributed by atoms with Gasteiger partial charge in [-0.1, -0.05) is 0 Å². The van der Waals surface area contributed by atoms with E-state index in [0.717, 1.165) is 18.6 Å². The van der Waals surface area contributed by atoms with Crippen molar-refractivity contribution >= 4 is 22.9 Å². The van der Waals surface area contributed by atoms with E-state index in [4.69, 9.17) is 0 Å². The van der Waals surface area contributed by atoms with Gasteiger partial charge in [-0.15, -0.1) is 0 Å². The normalized spacial score (nSPS) is 10.4. The summed E-state index contributed by atoms with van der Waals surface area (Å²) in [4.78, 5) is 39.1. The molecule has 0 radical (unpaired) electrons. The lowest BCUT2D eigenvalue weighted by molar-refractivity contribution is 0.0595. The van der Waals surface area contributed by atoms with Crippen LogP contribution in [-0.4, -0.2) is 33.6 Å². The number of hydrogen-bond donors (Lipinski definition) is 1. The molecule has 0 fully saturated rings. The van der Waals surface area contributed by atoms with Gasteiger partial charge in [0.25, 0.3) is 5.56 Å². The van der Waals surface area contributed by atoms with Crippen LogP contribution in [-0.2, 0) is 4.74 Å². The Balaban J connectivity index is 3.04. The van der Waals surface area contributed by atoms with Gasteiger partial charge in [0.2, 0.25) is 5.91 Å². The van der Waals surface area contributed by atoms with Gasteiger partial charge in [0.1, 0.15) is 5.75 Å². The molecule has 0 saturated carbocycles. The Labute approximate surface area is 107 Å². The molecule has 2 heterocycles. The average molecular weight is 262 g/mol. The average Bonchev–Trinajstić information content (AvgIpc) is 2.38. The van der Waals surface area contributed by atoms with E-state index in [0.29, 0.717) is 0 Å². The zero-order valence-corrected chi connectivity index (χ0v) is 10.2. The van der Waals surface area contributed by atoms with E-state index in [-0.39, 0.29) is 11.0 Å². The second-order valence-corrected chi connectivity index (χ2v) is 3.75. The molecule has 1 N–H and O–H groups in total. The number of aromatic nitrogens is 2. The minimum Gasteiger partial charge on any atom is -0.506 e. The first-order chi connectivity index (χ1) is 8.99. The molecule has 0 aliphatic carbocycles. The van der Waals surface area contributed by atoms with Crippen LogP contribution >= 0.6 is 0 Å². The molecular weight excluding hydrogens is 252 g/mol. The molecule has 7 nitrogen and oxygen atoms in total. The largest absolute Gasteiger partial charge is 0.506 e. The van der Waals surface area contributed by atoms with Crippen LogP contribution in [0.25, 0.3) is 11.0 Å². The third-order valence-electron chi connectivity index (χ3n) is 2.61. The summed E-state index contributed by atoms with van der Waals surface area (Å²) in [5, 5.41) is 10.1. The van der Waals surface area contributed by atoms with Crippen LogP contribution in [0.15, 0.2) is 23.1 Å². The van der Waals surface area contributed by atoms with E-state index in [2.05, 4.69) is 9.72 Å². The summed E-state index contributed by atoms with van der Waals surface area (Å²) in [6.07, 6.45) is 1.37. The van der Waals surface area contributed by atoms with Gasteiger partial charge in [-0.05, 0) is 12.1 Å². The lowest BCUT2D eigenvalue weighted by atomic mass is 10.1. The summed E-state index contributed by atoms with van der Waals surface area (Å²) in [6.45, 7) is 1.16. The van der Waals surface area contributed by atoms with Crippen molar-refractivity contribution in [3.63, 3.8) is 0 Å². The third-order valence-corrected chi connectivity index (χ3v) is 2.61. The Morgan fingerprint density at radius 3 is 2.68 bits per heavy atom. The molecule has 7 heteroatoms. The molecule has 0 amide bonds. The molecule has 19 heavy (non-hydrogen) atoms. The smallest absolute Gasteiger partial charge is 0.347 e. The number of aromatic hydroxyl groups is 1. The number of carbonyl (C=O) groups is 2. The van der Waals surface area contributed by atoms with Crippen molar-refractivity contribution in [3.05, 3.63) is 34.2 Å². The van der Waals surface area contributed by atoms with Crippen LogP contribution < -0.4 is 5.56 Å². The Morgan fingerprint density at radius 1 is 1.42 bits per heavy atom. The van der Waals surface area contributed by atoms with Gasteiger partial charge in [0.05, 0.1) is 12.5 Å². The summed E-state index contributed by atoms with van der Waals surface area (Å²) < 4.78 is 5.16. The maximum absolute atomic E-state index is 12.1. The van der Waals surface area contributed by atoms with E-state index >= 15 is 0 Å². The SMILES string of the molecule is COC(=O)c1c(O)c2cccnc2n(C(C)=O)c1=O. The number of esters is 1. The summed E-state index contributed by atoms with van der Waals surface area (Å²) in [6, 6.07) is 2.96. The summed E-state index contributed by atoms with van der Waals surface area (Å²) in [7, 11) is 1.08. The number of ether oxygens (including phenoxy) is 1. The van der Waals surface area contributed by atoms with Crippen molar-refractivity contribution in [1.82, 2.24) is 9.55 Å². The molecule has 2 aromatic rings.